The molecule has 6 nitrogen and oxygen atoms in total. The van der Waals surface area contributed by atoms with Crippen LogP contribution >= 0.6 is 0 Å². The average Bonchev–Trinajstić information content (AvgIpc) is 3.31. The number of carbonyl (C=O) groups is 4. The third-order valence-corrected chi connectivity index (χ3v) is 8.68. The van der Waals surface area contributed by atoms with Crippen LogP contribution in [0.25, 0.3) is 0 Å². The molecular formula is C36H32N2O4. The third-order valence-electron chi connectivity index (χ3n) is 8.68. The molecule has 210 valence electrons. The second-order valence-electron chi connectivity index (χ2n) is 11.7. The van der Waals surface area contributed by atoms with Crippen molar-refractivity contribution in [3.63, 3.8) is 0 Å². The van der Waals surface area contributed by atoms with E-state index in [1.165, 1.54) is 34.2 Å². The molecule has 0 N–H and O–H groups in total. The summed E-state index contributed by atoms with van der Waals surface area (Å²) in [5.74, 6) is -1.28. The fourth-order valence-corrected chi connectivity index (χ4v) is 6.32. The smallest absolute Gasteiger partial charge is 0.266 e. The lowest BCUT2D eigenvalue weighted by atomic mass is 9.94. The zero-order valence-corrected chi connectivity index (χ0v) is 24.7. The molecule has 2 aliphatic rings. The Labute approximate surface area is 245 Å². The monoisotopic (exact) mass is 556 g/mol. The van der Waals surface area contributed by atoms with Crippen molar-refractivity contribution in [2.75, 3.05) is 11.9 Å². The number of rotatable bonds is 5. The van der Waals surface area contributed by atoms with E-state index in [1.54, 1.807) is 24.3 Å². The van der Waals surface area contributed by atoms with Crippen LogP contribution in [0.3, 0.4) is 0 Å². The quantitative estimate of drug-likeness (QED) is 0.265. The lowest BCUT2D eigenvalue weighted by molar-refractivity contribution is 0.0692. The SMILES string of the molecule is Cc1cc(Cc2cc(C)c(N3C(=O)c4ccc(Cc5ccc6c(c5)C(=O)N(C)C6=O)cc4C3=O)c(C)c2)cc(C)c1C. The van der Waals surface area contributed by atoms with Gasteiger partial charge >= 0.3 is 0 Å². The van der Waals surface area contributed by atoms with Crippen LogP contribution in [-0.2, 0) is 12.8 Å². The fourth-order valence-electron chi connectivity index (χ4n) is 6.32. The summed E-state index contributed by atoms with van der Waals surface area (Å²) in [6, 6.07) is 19.1. The molecule has 0 aliphatic carbocycles. The second kappa shape index (κ2) is 9.91. The summed E-state index contributed by atoms with van der Waals surface area (Å²) in [5, 5.41) is 0. The third kappa shape index (κ3) is 4.35. The maximum atomic E-state index is 13.7. The van der Waals surface area contributed by atoms with Crippen molar-refractivity contribution in [3.8, 4) is 0 Å². The van der Waals surface area contributed by atoms with Gasteiger partial charge < -0.3 is 0 Å². The van der Waals surface area contributed by atoms with Crippen molar-refractivity contribution in [2.45, 2.75) is 47.5 Å². The highest BCUT2D eigenvalue weighted by Crippen LogP contribution is 2.35. The minimum Gasteiger partial charge on any atom is -0.277 e. The van der Waals surface area contributed by atoms with Gasteiger partial charge in [-0.25, -0.2) is 4.90 Å². The highest BCUT2D eigenvalue weighted by Gasteiger charge is 2.38. The van der Waals surface area contributed by atoms with Crippen LogP contribution in [0.4, 0.5) is 5.69 Å². The molecule has 0 atom stereocenters. The van der Waals surface area contributed by atoms with Gasteiger partial charge in [-0.3, -0.25) is 24.1 Å². The zero-order valence-electron chi connectivity index (χ0n) is 24.7. The number of hydrogen-bond acceptors (Lipinski definition) is 4. The van der Waals surface area contributed by atoms with Gasteiger partial charge in [0.25, 0.3) is 23.6 Å². The Morgan fingerprint density at radius 3 is 1.43 bits per heavy atom. The molecule has 0 saturated heterocycles. The van der Waals surface area contributed by atoms with Crippen LogP contribution in [0.1, 0.15) is 91.5 Å². The van der Waals surface area contributed by atoms with Crippen LogP contribution in [0.5, 0.6) is 0 Å². The molecule has 4 amide bonds. The van der Waals surface area contributed by atoms with E-state index >= 15 is 0 Å². The van der Waals surface area contributed by atoms with Gasteiger partial charge in [0.05, 0.1) is 27.9 Å². The van der Waals surface area contributed by atoms with E-state index < -0.39 is 0 Å². The largest absolute Gasteiger partial charge is 0.277 e. The van der Waals surface area contributed by atoms with Gasteiger partial charge in [-0.15, -0.1) is 0 Å². The standard InChI is InChI=1S/C36H32N2O4/c1-19-11-26(12-20(2)23(19)5)16-27-13-21(3)32(22(4)14-27)38-35(41)29-10-8-25(18-31(29)36(38)42)15-24-7-9-28-30(17-24)34(40)37(6)33(28)39/h7-14,17-18H,15-16H2,1-6H3. The Morgan fingerprint density at radius 2 is 0.881 bits per heavy atom. The number of amides is 4. The van der Waals surface area contributed by atoms with Crippen molar-refractivity contribution in [2.24, 2.45) is 0 Å². The Kier molecular flexibility index (Phi) is 6.45. The molecular weight excluding hydrogens is 524 g/mol. The van der Waals surface area contributed by atoms with E-state index in [-0.39, 0.29) is 23.6 Å². The van der Waals surface area contributed by atoms with Crippen molar-refractivity contribution in [1.29, 1.82) is 0 Å². The summed E-state index contributed by atoms with van der Waals surface area (Å²) in [6.07, 6.45) is 1.23. The van der Waals surface area contributed by atoms with E-state index in [4.69, 9.17) is 0 Å². The molecule has 0 spiro atoms. The summed E-state index contributed by atoms with van der Waals surface area (Å²) >= 11 is 0. The maximum Gasteiger partial charge on any atom is 0.266 e. The minimum atomic E-state index is -0.336. The molecule has 42 heavy (non-hydrogen) atoms. The van der Waals surface area contributed by atoms with Gasteiger partial charge in [-0.1, -0.05) is 36.4 Å². The predicted octanol–water partition coefficient (Wildman–Crippen LogP) is 6.44. The Bertz CT molecular complexity index is 1840. The van der Waals surface area contributed by atoms with Crippen molar-refractivity contribution in [3.05, 3.63) is 133 Å². The predicted molar refractivity (Wildman–Crippen MR) is 163 cm³/mol. The Hall–Kier alpha value is -4.84. The van der Waals surface area contributed by atoms with Crippen LogP contribution < -0.4 is 4.90 Å². The number of hydrogen-bond donors (Lipinski definition) is 0. The first-order valence-corrected chi connectivity index (χ1v) is 14.1. The number of anilines is 1. The fraction of sp³-hybridized carbons (Fsp3) is 0.222. The van der Waals surface area contributed by atoms with Gasteiger partial charge in [0.15, 0.2) is 0 Å². The van der Waals surface area contributed by atoms with Crippen LogP contribution in [0.15, 0.2) is 60.7 Å². The highest BCUT2D eigenvalue weighted by molar-refractivity contribution is 6.35. The first-order chi connectivity index (χ1) is 19.9. The lowest BCUT2D eigenvalue weighted by Crippen LogP contribution is -2.30. The van der Waals surface area contributed by atoms with Gasteiger partial charge in [0.1, 0.15) is 0 Å². The Balaban J connectivity index is 1.27. The highest BCUT2D eigenvalue weighted by atomic mass is 16.2. The maximum absolute atomic E-state index is 13.7. The molecule has 0 unspecified atom stereocenters. The van der Waals surface area contributed by atoms with Gasteiger partial charge in [-0.05, 0) is 122 Å². The van der Waals surface area contributed by atoms with E-state index in [1.807, 2.05) is 26.0 Å². The minimum absolute atomic E-state index is 0.303. The topological polar surface area (TPSA) is 74.8 Å². The Morgan fingerprint density at radius 1 is 0.476 bits per heavy atom. The van der Waals surface area contributed by atoms with Crippen molar-refractivity contribution in [1.82, 2.24) is 4.90 Å². The molecule has 2 aliphatic heterocycles. The molecule has 6 rings (SSSR count). The number of carbonyl (C=O) groups excluding carboxylic acids is 4. The molecule has 0 bridgehead atoms. The normalized spacial score (nSPS) is 14.2. The molecule has 2 heterocycles. The lowest BCUT2D eigenvalue weighted by Gasteiger charge is -2.21. The summed E-state index contributed by atoms with van der Waals surface area (Å²) in [5.41, 5.74) is 11.8. The van der Waals surface area contributed by atoms with E-state index in [2.05, 4.69) is 45.0 Å². The van der Waals surface area contributed by atoms with Gasteiger partial charge in [-0.2, -0.15) is 0 Å². The first-order valence-electron chi connectivity index (χ1n) is 14.1. The van der Waals surface area contributed by atoms with Gasteiger partial charge in [0, 0.05) is 7.05 Å². The van der Waals surface area contributed by atoms with Crippen LogP contribution in [-0.4, -0.2) is 35.6 Å². The van der Waals surface area contributed by atoms with Crippen molar-refractivity contribution < 1.29 is 19.2 Å². The molecule has 6 heteroatoms. The number of imide groups is 2. The van der Waals surface area contributed by atoms with E-state index in [9.17, 15) is 19.2 Å². The molecule has 4 aromatic carbocycles. The molecule has 0 fully saturated rings. The molecule has 0 aromatic heterocycles. The second-order valence-corrected chi connectivity index (χ2v) is 11.7. The van der Waals surface area contributed by atoms with Crippen LogP contribution in [0, 0.1) is 34.6 Å². The molecule has 0 saturated carbocycles. The number of nitrogens with zero attached hydrogens (tertiary/aromatic N) is 2. The van der Waals surface area contributed by atoms with Crippen molar-refractivity contribution >= 4 is 29.3 Å². The van der Waals surface area contributed by atoms with Crippen LogP contribution in [0.2, 0.25) is 0 Å². The summed E-state index contributed by atoms with van der Waals surface area (Å²) in [7, 11) is 1.47. The number of aryl methyl sites for hydroxylation is 4. The zero-order chi connectivity index (χ0) is 30.0. The van der Waals surface area contributed by atoms with Gasteiger partial charge in [0.2, 0.25) is 0 Å². The summed E-state index contributed by atoms with van der Waals surface area (Å²) < 4.78 is 0. The van der Waals surface area contributed by atoms with E-state index in [0.29, 0.717) is 34.4 Å². The number of benzene rings is 4. The summed E-state index contributed by atoms with van der Waals surface area (Å²) in [6.45, 7) is 10.3. The average molecular weight is 557 g/mol. The molecule has 4 aromatic rings. The number of fused-ring (bicyclic) bond motifs is 2. The van der Waals surface area contributed by atoms with E-state index in [0.717, 1.165) is 39.1 Å². The first kappa shape index (κ1) is 27.3. The molecule has 0 radical (unpaired) electrons. The summed E-state index contributed by atoms with van der Waals surface area (Å²) in [4.78, 5) is 54.3.